The van der Waals surface area contributed by atoms with E-state index in [0.29, 0.717) is 11.4 Å². The van der Waals surface area contributed by atoms with E-state index in [1.54, 1.807) is 12.1 Å². The van der Waals surface area contributed by atoms with Crippen LogP contribution in [0.15, 0.2) is 23.1 Å². The standard InChI is InChI=1S/C9H10N4O2S/c1-6-4-3-5-7(16(2,14)15)8(6)9-10-12-13-11-9/h3-5H,1-2H3,(H,10,11,12,13). The summed E-state index contributed by atoms with van der Waals surface area (Å²) in [5.41, 5.74) is 1.33. The molecule has 1 aromatic heterocycles. The number of hydrogen-bond acceptors (Lipinski definition) is 5. The molecule has 0 atom stereocenters. The molecule has 0 amide bonds. The molecule has 1 N–H and O–H groups in total. The molecule has 7 heteroatoms. The first kappa shape index (κ1) is 10.7. The summed E-state index contributed by atoms with van der Waals surface area (Å²) >= 11 is 0. The van der Waals surface area contributed by atoms with Crippen molar-refractivity contribution in [2.75, 3.05) is 6.26 Å². The van der Waals surface area contributed by atoms with Crippen LogP contribution in [0.2, 0.25) is 0 Å². The number of nitrogens with one attached hydrogen (secondary N) is 1. The molecule has 0 aliphatic heterocycles. The zero-order valence-corrected chi connectivity index (χ0v) is 9.61. The number of sulfone groups is 1. The van der Waals surface area contributed by atoms with Crippen LogP contribution in [-0.4, -0.2) is 35.3 Å². The van der Waals surface area contributed by atoms with Crippen molar-refractivity contribution in [1.29, 1.82) is 0 Å². The molecule has 0 bridgehead atoms. The molecule has 0 unspecified atom stereocenters. The van der Waals surface area contributed by atoms with Gasteiger partial charge in [-0.15, -0.1) is 5.10 Å². The highest BCUT2D eigenvalue weighted by molar-refractivity contribution is 7.90. The van der Waals surface area contributed by atoms with Gasteiger partial charge in [0.15, 0.2) is 15.7 Å². The molecule has 0 fully saturated rings. The van der Waals surface area contributed by atoms with E-state index in [4.69, 9.17) is 0 Å². The number of rotatable bonds is 2. The summed E-state index contributed by atoms with van der Waals surface area (Å²) in [5.74, 6) is 0.360. The number of tetrazole rings is 1. The van der Waals surface area contributed by atoms with Crippen molar-refractivity contribution in [3.63, 3.8) is 0 Å². The second-order valence-corrected chi connectivity index (χ2v) is 5.45. The van der Waals surface area contributed by atoms with Gasteiger partial charge in [-0.25, -0.2) is 13.5 Å². The predicted molar refractivity (Wildman–Crippen MR) is 57.5 cm³/mol. The van der Waals surface area contributed by atoms with E-state index >= 15 is 0 Å². The van der Waals surface area contributed by atoms with Gasteiger partial charge in [0.25, 0.3) is 0 Å². The summed E-state index contributed by atoms with van der Waals surface area (Å²) in [6.45, 7) is 1.81. The number of benzene rings is 1. The predicted octanol–water partition coefficient (Wildman–Crippen LogP) is 0.579. The maximum atomic E-state index is 11.6. The molecule has 0 saturated carbocycles. The molecule has 1 heterocycles. The van der Waals surface area contributed by atoms with Crippen molar-refractivity contribution in [1.82, 2.24) is 20.6 Å². The molecule has 0 spiro atoms. The molecule has 2 rings (SSSR count). The molecule has 16 heavy (non-hydrogen) atoms. The normalized spacial score (nSPS) is 11.6. The molecular formula is C9H10N4O2S. The van der Waals surface area contributed by atoms with Gasteiger partial charge in [0.05, 0.1) is 4.90 Å². The van der Waals surface area contributed by atoms with Crippen molar-refractivity contribution in [2.24, 2.45) is 0 Å². The molecule has 0 saturated heterocycles. The average Bonchev–Trinajstić information content (AvgIpc) is 2.68. The van der Waals surface area contributed by atoms with Gasteiger partial charge in [-0.1, -0.05) is 12.1 Å². The maximum absolute atomic E-state index is 11.6. The van der Waals surface area contributed by atoms with Gasteiger partial charge < -0.3 is 0 Å². The van der Waals surface area contributed by atoms with Crippen LogP contribution in [0.5, 0.6) is 0 Å². The Bertz CT molecular complexity index is 604. The van der Waals surface area contributed by atoms with Crippen LogP contribution < -0.4 is 0 Å². The Morgan fingerprint density at radius 3 is 2.62 bits per heavy atom. The highest BCUT2D eigenvalue weighted by atomic mass is 32.2. The van der Waals surface area contributed by atoms with Crippen molar-refractivity contribution < 1.29 is 8.42 Å². The van der Waals surface area contributed by atoms with E-state index in [-0.39, 0.29) is 4.90 Å². The molecule has 1 aromatic carbocycles. The number of aryl methyl sites for hydroxylation is 1. The Balaban J connectivity index is 2.78. The van der Waals surface area contributed by atoms with Crippen molar-refractivity contribution >= 4 is 9.84 Å². The van der Waals surface area contributed by atoms with Crippen LogP contribution in [-0.2, 0) is 9.84 Å². The fraction of sp³-hybridized carbons (Fsp3) is 0.222. The third kappa shape index (κ3) is 1.81. The SMILES string of the molecule is Cc1cccc(S(C)(=O)=O)c1-c1nnn[nH]1. The number of aromatic amines is 1. The second kappa shape index (κ2) is 3.67. The minimum absolute atomic E-state index is 0.228. The lowest BCUT2D eigenvalue weighted by atomic mass is 10.1. The van der Waals surface area contributed by atoms with Crippen LogP contribution in [0.25, 0.3) is 11.4 Å². The van der Waals surface area contributed by atoms with Crippen LogP contribution in [0.4, 0.5) is 0 Å². The summed E-state index contributed by atoms with van der Waals surface area (Å²) in [6.07, 6.45) is 1.16. The smallest absolute Gasteiger partial charge is 0.180 e. The first-order chi connectivity index (χ1) is 7.50. The van der Waals surface area contributed by atoms with Crippen LogP contribution >= 0.6 is 0 Å². The largest absolute Gasteiger partial charge is 0.239 e. The molecule has 6 nitrogen and oxygen atoms in total. The Labute approximate surface area is 92.6 Å². The molecule has 84 valence electrons. The Morgan fingerprint density at radius 1 is 1.31 bits per heavy atom. The Morgan fingerprint density at radius 2 is 2.06 bits per heavy atom. The van der Waals surface area contributed by atoms with Gasteiger partial charge in [0, 0.05) is 11.8 Å². The monoisotopic (exact) mass is 238 g/mol. The van der Waals surface area contributed by atoms with E-state index in [1.165, 1.54) is 0 Å². The highest BCUT2D eigenvalue weighted by Gasteiger charge is 2.18. The van der Waals surface area contributed by atoms with E-state index in [2.05, 4.69) is 20.6 Å². The van der Waals surface area contributed by atoms with Gasteiger partial charge in [0.1, 0.15) is 0 Å². The van der Waals surface area contributed by atoms with Gasteiger partial charge in [-0.3, -0.25) is 0 Å². The van der Waals surface area contributed by atoms with E-state index in [1.807, 2.05) is 13.0 Å². The van der Waals surface area contributed by atoms with Crippen molar-refractivity contribution in [3.05, 3.63) is 23.8 Å². The summed E-state index contributed by atoms with van der Waals surface area (Å²) < 4.78 is 23.2. The molecule has 0 aliphatic rings. The van der Waals surface area contributed by atoms with Crippen molar-refractivity contribution in [2.45, 2.75) is 11.8 Å². The first-order valence-electron chi connectivity index (χ1n) is 4.54. The molecule has 0 aliphatic carbocycles. The number of hydrogen-bond donors (Lipinski definition) is 1. The molecular weight excluding hydrogens is 228 g/mol. The van der Waals surface area contributed by atoms with Gasteiger partial charge in [-0.2, -0.15) is 0 Å². The summed E-state index contributed by atoms with van der Waals surface area (Å²) in [4.78, 5) is 0.228. The van der Waals surface area contributed by atoms with Crippen molar-refractivity contribution in [3.8, 4) is 11.4 Å². The minimum atomic E-state index is -3.30. The van der Waals surface area contributed by atoms with Crippen LogP contribution in [0.1, 0.15) is 5.56 Å². The fourth-order valence-electron chi connectivity index (χ4n) is 1.52. The summed E-state index contributed by atoms with van der Waals surface area (Å²) in [7, 11) is -3.30. The Kier molecular flexibility index (Phi) is 2.47. The third-order valence-electron chi connectivity index (χ3n) is 2.22. The molecule has 2 aromatic rings. The van der Waals surface area contributed by atoms with Gasteiger partial charge in [-0.05, 0) is 29.0 Å². The third-order valence-corrected chi connectivity index (χ3v) is 3.36. The fourth-order valence-corrected chi connectivity index (χ4v) is 2.47. The molecule has 0 radical (unpaired) electrons. The zero-order chi connectivity index (χ0) is 11.8. The van der Waals surface area contributed by atoms with E-state index in [9.17, 15) is 8.42 Å². The van der Waals surface area contributed by atoms with E-state index in [0.717, 1.165) is 11.8 Å². The minimum Gasteiger partial charge on any atom is -0.239 e. The van der Waals surface area contributed by atoms with Gasteiger partial charge in [0.2, 0.25) is 0 Å². The number of nitrogens with zero attached hydrogens (tertiary/aromatic N) is 3. The van der Waals surface area contributed by atoms with Crippen LogP contribution in [0.3, 0.4) is 0 Å². The lowest BCUT2D eigenvalue weighted by molar-refractivity contribution is 0.602. The lowest BCUT2D eigenvalue weighted by Crippen LogP contribution is -2.02. The van der Waals surface area contributed by atoms with Gasteiger partial charge >= 0.3 is 0 Å². The quantitative estimate of drug-likeness (QED) is 0.826. The highest BCUT2D eigenvalue weighted by Crippen LogP contribution is 2.27. The van der Waals surface area contributed by atoms with E-state index < -0.39 is 9.84 Å². The zero-order valence-electron chi connectivity index (χ0n) is 8.80. The second-order valence-electron chi connectivity index (χ2n) is 3.47. The number of aromatic nitrogens is 4. The average molecular weight is 238 g/mol. The first-order valence-corrected chi connectivity index (χ1v) is 6.43. The lowest BCUT2D eigenvalue weighted by Gasteiger charge is -2.07. The topological polar surface area (TPSA) is 88.6 Å². The summed E-state index contributed by atoms with van der Waals surface area (Å²) in [5, 5.41) is 13.2. The van der Waals surface area contributed by atoms with Crippen LogP contribution in [0, 0.1) is 6.92 Å². The summed E-state index contributed by atoms with van der Waals surface area (Å²) in [6, 6.07) is 5.05. The maximum Gasteiger partial charge on any atom is 0.180 e. The number of H-pyrrole nitrogens is 1. The Hall–Kier alpha value is -1.76.